The second kappa shape index (κ2) is 18.8. The molecular weight excluding hydrogens is 490 g/mol. The zero-order chi connectivity index (χ0) is 28.3. The molecule has 1 fully saturated rings. The number of benzene rings is 1. The zero-order valence-corrected chi connectivity index (χ0v) is 25.6. The van der Waals surface area contributed by atoms with Crippen LogP contribution in [0.15, 0.2) is 36.7 Å². The van der Waals surface area contributed by atoms with Gasteiger partial charge in [0.25, 0.3) is 0 Å². The van der Waals surface area contributed by atoms with E-state index in [1.54, 1.807) is 0 Å². The van der Waals surface area contributed by atoms with Crippen LogP contribution in [0.1, 0.15) is 141 Å². The lowest BCUT2D eigenvalue weighted by Gasteiger charge is -2.35. The van der Waals surface area contributed by atoms with E-state index < -0.39 is 0 Å². The standard InChI is InChI=1S/C36H55N3O/c1-3-5-7-9-11-12-13-15-17-32-27-38-35(39-28-32)33-18-20-34(21-19-33)40-29-31-22-25-36(30-37,26-23-31)24-16-14-10-8-6-4-2/h18-21,27-28,31H,3-17,22-26,29H2,1-2H3. The molecule has 0 amide bonds. The molecule has 0 N–H and O–H groups in total. The number of nitrogens with zero attached hydrogens (tertiary/aromatic N) is 3. The topological polar surface area (TPSA) is 58.8 Å². The Bertz CT molecular complexity index is 955. The molecule has 1 heterocycles. The van der Waals surface area contributed by atoms with Crippen molar-refractivity contribution in [2.24, 2.45) is 11.3 Å². The van der Waals surface area contributed by atoms with Crippen molar-refractivity contribution in [3.63, 3.8) is 0 Å². The number of aromatic nitrogens is 2. The van der Waals surface area contributed by atoms with E-state index in [2.05, 4.69) is 42.0 Å². The first-order chi connectivity index (χ1) is 19.7. The Labute approximate surface area is 245 Å². The van der Waals surface area contributed by atoms with Gasteiger partial charge >= 0.3 is 0 Å². The van der Waals surface area contributed by atoms with Crippen molar-refractivity contribution in [1.29, 1.82) is 5.26 Å². The van der Waals surface area contributed by atoms with Crippen molar-refractivity contribution < 1.29 is 4.74 Å². The number of hydrogen-bond acceptors (Lipinski definition) is 4. The molecule has 1 saturated carbocycles. The van der Waals surface area contributed by atoms with E-state index in [-0.39, 0.29) is 5.41 Å². The van der Waals surface area contributed by atoms with Gasteiger partial charge in [0.15, 0.2) is 5.82 Å². The van der Waals surface area contributed by atoms with Crippen molar-refractivity contribution in [3.05, 3.63) is 42.2 Å². The third-order valence-electron chi connectivity index (χ3n) is 8.93. The molecule has 2 aromatic rings. The Balaban J connectivity index is 1.33. The molecule has 4 heteroatoms. The maximum atomic E-state index is 9.91. The largest absolute Gasteiger partial charge is 0.493 e. The molecule has 0 atom stereocenters. The molecule has 0 radical (unpaired) electrons. The monoisotopic (exact) mass is 545 g/mol. The number of rotatable bonds is 20. The van der Waals surface area contributed by atoms with Crippen molar-refractivity contribution in [2.75, 3.05) is 6.61 Å². The summed E-state index contributed by atoms with van der Waals surface area (Å²) in [6.45, 7) is 5.27. The van der Waals surface area contributed by atoms with Crippen LogP contribution < -0.4 is 4.74 Å². The summed E-state index contributed by atoms with van der Waals surface area (Å²) in [5.41, 5.74) is 2.17. The van der Waals surface area contributed by atoms with E-state index >= 15 is 0 Å². The lowest BCUT2D eigenvalue weighted by Crippen LogP contribution is -2.28. The SMILES string of the molecule is CCCCCCCCCCc1cnc(-c2ccc(OCC3CCC(C#N)(CCCCCCCC)CC3)cc2)nc1. The fraction of sp³-hybridized carbons (Fsp3) is 0.694. The fourth-order valence-electron chi connectivity index (χ4n) is 6.07. The molecule has 1 aliphatic carbocycles. The van der Waals surface area contributed by atoms with Crippen LogP contribution in [0, 0.1) is 22.7 Å². The molecule has 3 rings (SSSR count). The summed E-state index contributed by atoms with van der Waals surface area (Å²) in [5, 5.41) is 9.91. The second-order valence-corrected chi connectivity index (χ2v) is 12.3. The van der Waals surface area contributed by atoms with Gasteiger partial charge in [0, 0.05) is 18.0 Å². The summed E-state index contributed by atoms with van der Waals surface area (Å²) >= 11 is 0. The highest BCUT2D eigenvalue weighted by Crippen LogP contribution is 2.42. The van der Waals surface area contributed by atoms with Crippen LogP contribution in [-0.4, -0.2) is 16.6 Å². The Kier molecular flexibility index (Phi) is 15.1. The molecular formula is C36H55N3O. The van der Waals surface area contributed by atoms with E-state index in [1.165, 1.54) is 95.5 Å². The number of nitriles is 1. The Morgan fingerprint density at radius 2 is 1.32 bits per heavy atom. The molecule has 0 saturated heterocycles. The Morgan fingerprint density at radius 3 is 1.90 bits per heavy atom. The lowest BCUT2D eigenvalue weighted by atomic mass is 9.69. The molecule has 0 bridgehead atoms. The number of unbranched alkanes of at least 4 members (excludes halogenated alkanes) is 12. The first-order valence-electron chi connectivity index (χ1n) is 16.6. The van der Waals surface area contributed by atoms with E-state index in [0.717, 1.165) is 62.3 Å². The Morgan fingerprint density at radius 1 is 0.775 bits per heavy atom. The summed E-state index contributed by atoms with van der Waals surface area (Å²) in [7, 11) is 0. The zero-order valence-electron chi connectivity index (χ0n) is 25.6. The van der Waals surface area contributed by atoms with E-state index in [0.29, 0.717) is 5.92 Å². The van der Waals surface area contributed by atoms with Gasteiger partial charge in [0.2, 0.25) is 0 Å². The van der Waals surface area contributed by atoms with Crippen LogP contribution in [-0.2, 0) is 6.42 Å². The summed E-state index contributed by atoms with van der Waals surface area (Å²) in [6, 6.07) is 10.9. The lowest BCUT2D eigenvalue weighted by molar-refractivity contribution is 0.144. The van der Waals surface area contributed by atoms with Gasteiger partial charge in [-0.15, -0.1) is 0 Å². The maximum absolute atomic E-state index is 9.91. The summed E-state index contributed by atoms with van der Waals surface area (Å²) in [6.07, 6.45) is 28.9. The second-order valence-electron chi connectivity index (χ2n) is 12.3. The van der Waals surface area contributed by atoms with Gasteiger partial charge in [-0.1, -0.05) is 97.3 Å². The highest BCUT2D eigenvalue weighted by atomic mass is 16.5. The molecule has 0 spiro atoms. The normalized spacial score (nSPS) is 18.9. The molecule has 4 nitrogen and oxygen atoms in total. The Hall–Kier alpha value is -2.41. The van der Waals surface area contributed by atoms with Crippen LogP contribution in [0.3, 0.4) is 0 Å². The van der Waals surface area contributed by atoms with E-state index in [4.69, 9.17) is 4.74 Å². The van der Waals surface area contributed by atoms with Gasteiger partial charge < -0.3 is 4.74 Å². The van der Waals surface area contributed by atoms with Crippen molar-refractivity contribution in [3.8, 4) is 23.2 Å². The predicted octanol–water partition coefficient (Wildman–Crippen LogP) is 10.7. The fourth-order valence-corrected chi connectivity index (χ4v) is 6.07. The smallest absolute Gasteiger partial charge is 0.159 e. The van der Waals surface area contributed by atoms with Gasteiger partial charge in [-0.2, -0.15) is 5.26 Å². The number of aryl methyl sites for hydroxylation is 1. The van der Waals surface area contributed by atoms with Crippen LogP contribution in [0.5, 0.6) is 5.75 Å². The molecule has 1 aromatic heterocycles. The summed E-state index contributed by atoms with van der Waals surface area (Å²) in [5.74, 6) is 2.22. The van der Waals surface area contributed by atoms with E-state index in [9.17, 15) is 5.26 Å². The first kappa shape index (κ1) is 32.1. The van der Waals surface area contributed by atoms with Crippen LogP contribution in [0.25, 0.3) is 11.4 Å². The minimum absolute atomic E-state index is 0.0909. The highest BCUT2D eigenvalue weighted by Gasteiger charge is 2.35. The molecule has 40 heavy (non-hydrogen) atoms. The summed E-state index contributed by atoms with van der Waals surface area (Å²) in [4.78, 5) is 9.26. The number of ether oxygens (including phenoxy) is 1. The van der Waals surface area contributed by atoms with Crippen molar-refractivity contribution in [2.45, 2.75) is 142 Å². The van der Waals surface area contributed by atoms with Gasteiger partial charge in [0.1, 0.15) is 5.75 Å². The van der Waals surface area contributed by atoms with Gasteiger partial charge in [-0.05, 0) is 80.7 Å². The van der Waals surface area contributed by atoms with Crippen LogP contribution in [0.4, 0.5) is 0 Å². The maximum Gasteiger partial charge on any atom is 0.159 e. The van der Waals surface area contributed by atoms with Gasteiger partial charge in [-0.3, -0.25) is 0 Å². The average Bonchev–Trinajstić information content (AvgIpc) is 3.00. The van der Waals surface area contributed by atoms with Crippen LogP contribution >= 0.6 is 0 Å². The molecule has 1 aliphatic rings. The van der Waals surface area contributed by atoms with Crippen LogP contribution in [0.2, 0.25) is 0 Å². The predicted molar refractivity (Wildman–Crippen MR) is 167 cm³/mol. The highest BCUT2D eigenvalue weighted by molar-refractivity contribution is 5.55. The number of hydrogen-bond donors (Lipinski definition) is 0. The summed E-state index contributed by atoms with van der Waals surface area (Å²) < 4.78 is 6.16. The molecule has 1 aromatic carbocycles. The van der Waals surface area contributed by atoms with Crippen molar-refractivity contribution >= 4 is 0 Å². The third kappa shape index (κ3) is 11.6. The minimum atomic E-state index is -0.0909. The molecule has 0 unspecified atom stereocenters. The average molecular weight is 546 g/mol. The third-order valence-corrected chi connectivity index (χ3v) is 8.93. The quantitative estimate of drug-likeness (QED) is 0.155. The van der Waals surface area contributed by atoms with Gasteiger partial charge in [0.05, 0.1) is 18.1 Å². The van der Waals surface area contributed by atoms with E-state index in [1.807, 2.05) is 24.5 Å². The van der Waals surface area contributed by atoms with Crippen molar-refractivity contribution in [1.82, 2.24) is 9.97 Å². The van der Waals surface area contributed by atoms with Gasteiger partial charge in [-0.25, -0.2) is 9.97 Å². The first-order valence-corrected chi connectivity index (χ1v) is 16.6. The molecule has 0 aliphatic heterocycles. The molecule has 220 valence electrons. The minimum Gasteiger partial charge on any atom is -0.493 e.